The maximum absolute atomic E-state index is 14.3. The lowest BCUT2D eigenvalue weighted by atomic mass is 9.82. The summed E-state index contributed by atoms with van der Waals surface area (Å²) >= 11 is 0. The fraction of sp³-hybridized carbons (Fsp3) is 0.647. The first-order chi connectivity index (χ1) is 9.46. The van der Waals surface area contributed by atoms with Gasteiger partial charge in [0.1, 0.15) is 11.6 Å². The second-order valence-corrected chi connectivity index (χ2v) is 6.44. The van der Waals surface area contributed by atoms with Crippen molar-refractivity contribution < 1.29 is 9.13 Å². The smallest absolute Gasteiger partial charge is 0.131 e. The van der Waals surface area contributed by atoms with E-state index in [1.165, 1.54) is 12.5 Å². The number of nitrogens with two attached hydrogens (primary N) is 1. The van der Waals surface area contributed by atoms with Crippen LogP contribution in [0.1, 0.15) is 51.5 Å². The highest BCUT2D eigenvalue weighted by Gasteiger charge is 2.33. The van der Waals surface area contributed by atoms with E-state index in [1.54, 1.807) is 19.2 Å². The van der Waals surface area contributed by atoms with Crippen molar-refractivity contribution in [3.05, 3.63) is 29.6 Å². The third-order valence-electron chi connectivity index (χ3n) is 4.81. The molecule has 0 aliphatic heterocycles. The highest BCUT2D eigenvalue weighted by molar-refractivity contribution is 5.33. The molecule has 1 aliphatic carbocycles. The molecule has 2 atom stereocenters. The van der Waals surface area contributed by atoms with Crippen molar-refractivity contribution in [2.24, 2.45) is 17.6 Å². The maximum atomic E-state index is 14.3. The zero-order valence-corrected chi connectivity index (χ0v) is 12.8. The van der Waals surface area contributed by atoms with Gasteiger partial charge in [-0.05, 0) is 37.2 Å². The second-order valence-electron chi connectivity index (χ2n) is 6.44. The number of hydrogen-bond donors (Lipinski definition) is 1. The Balaban J connectivity index is 2.22. The number of benzene rings is 1. The molecule has 2 rings (SSSR count). The van der Waals surface area contributed by atoms with Gasteiger partial charge in [-0.25, -0.2) is 4.39 Å². The minimum Gasteiger partial charge on any atom is -0.497 e. The quantitative estimate of drug-likeness (QED) is 0.841. The minimum absolute atomic E-state index is 0.241. The van der Waals surface area contributed by atoms with Gasteiger partial charge in [-0.3, -0.25) is 0 Å². The summed E-state index contributed by atoms with van der Waals surface area (Å²) < 4.78 is 19.4. The molecule has 1 aromatic carbocycles. The van der Waals surface area contributed by atoms with Crippen LogP contribution in [0.2, 0.25) is 0 Å². The molecule has 0 radical (unpaired) electrons. The summed E-state index contributed by atoms with van der Waals surface area (Å²) in [7, 11) is 1.55. The molecule has 1 aliphatic rings. The Labute approximate surface area is 121 Å². The Hall–Kier alpha value is -1.09. The van der Waals surface area contributed by atoms with Crippen LogP contribution >= 0.6 is 0 Å². The largest absolute Gasteiger partial charge is 0.497 e. The SMILES string of the molecule is COc1ccc(C2(N)CCCC(C(C)C)CC2)c(F)c1. The fourth-order valence-electron chi connectivity index (χ4n) is 3.35. The summed E-state index contributed by atoms with van der Waals surface area (Å²) in [6, 6.07) is 5.04. The van der Waals surface area contributed by atoms with E-state index in [-0.39, 0.29) is 5.82 Å². The lowest BCUT2D eigenvalue weighted by Gasteiger charge is -2.29. The zero-order chi connectivity index (χ0) is 14.8. The highest BCUT2D eigenvalue weighted by atomic mass is 19.1. The third-order valence-corrected chi connectivity index (χ3v) is 4.81. The first kappa shape index (κ1) is 15.3. The van der Waals surface area contributed by atoms with E-state index in [9.17, 15) is 4.39 Å². The van der Waals surface area contributed by atoms with Crippen molar-refractivity contribution >= 4 is 0 Å². The Bertz CT molecular complexity index is 460. The standard InChI is InChI=1S/C17H26FNO/c1-12(2)13-5-4-9-17(19,10-8-13)15-7-6-14(20-3)11-16(15)18/h6-7,11-13H,4-5,8-10,19H2,1-3H3. The molecule has 0 amide bonds. The molecule has 3 heteroatoms. The van der Waals surface area contributed by atoms with Crippen LogP contribution < -0.4 is 10.5 Å². The van der Waals surface area contributed by atoms with Crippen LogP contribution in [0.25, 0.3) is 0 Å². The van der Waals surface area contributed by atoms with Crippen LogP contribution in [0.4, 0.5) is 4.39 Å². The first-order valence-electron chi connectivity index (χ1n) is 7.59. The molecule has 0 saturated heterocycles. The molecule has 1 saturated carbocycles. The summed E-state index contributed by atoms with van der Waals surface area (Å²) in [6.45, 7) is 4.53. The van der Waals surface area contributed by atoms with Gasteiger partial charge in [0.2, 0.25) is 0 Å². The number of halogens is 1. The monoisotopic (exact) mass is 279 g/mol. The van der Waals surface area contributed by atoms with E-state index >= 15 is 0 Å². The van der Waals surface area contributed by atoms with E-state index in [0.717, 1.165) is 25.7 Å². The summed E-state index contributed by atoms with van der Waals surface area (Å²) in [6.07, 6.45) is 5.08. The molecule has 2 N–H and O–H groups in total. The van der Waals surface area contributed by atoms with E-state index in [4.69, 9.17) is 10.5 Å². The lowest BCUT2D eigenvalue weighted by molar-refractivity contribution is 0.321. The molecule has 2 unspecified atom stereocenters. The normalized spacial score (nSPS) is 27.4. The number of methoxy groups -OCH3 is 1. The van der Waals surface area contributed by atoms with Gasteiger partial charge in [0.15, 0.2) is 0 Å². The number of hydrogen-bond acceptors (Lipinski definition) is 2. The average Bonchev–Trinajstić information content (AvgIpc) is 2.61. The Morgan fingerprint density at radius 2 is 2.05 bits per heavy atom. The molecule has 0 aromatic heterocycles. The van der Waals surface area contributed by atoms with Gasteiger partial charge >= 0.3 is 0 Å². The van der Waals surface area contributed by atoms with E-state index in [2.05, 4.69) is 13.8 Å². The predicted octanol–water partition coefficient (Wildman–Crippen LogP) is 4.22. The molecule has 1 aromatic rings. The van der Waals surface area contributed by atoms with Crippen molar-refractivity contribution in [3.63, 3.8) is 0 Å². The molecule has 0 spiro atoms. The number of rotatable bonds is 3. The predicted molar refractivity (Wildman–Crippen MR) is 80.2 cm³/mol. The highest BCUT2D eigenvalue weighted by Crippen LogP contribution is 2.39. The van der Waals surface area contributed by atoms with Gasteiger partial charge in [-0.15, -0.1) is 0 Å². The van der Waals surface area contributed by atoms with Crippen molar-refractivity contribution in [3.8, 4) is 5.75 Å². The van der Waals surface area contributed by atoms with Crippen molar-refractivity contribution in [2.75, 3.05) is 7.11 Å². The van der Waals surface area contributed by atoms with E-state index in [1.807, 2.05) is 0 Å². The van der Waals surface area contributed by atoms with Gasteiger partial charge in [0, 0.05) is 17.2 Å². The van der Waals surface area contributed by atoms with Gasteiger partial charge in [0.05, 0.1) is 7.11 Å². The summed E-state index contributed by atoms with van der Waals surface area (Å²) in [4.78, 5) is 0. The Morgan fingerprint density at radius 3 is 2.65 bits per heavy atom. The van der Waals surface area contributed by atoms with Crippen LogP contribution in [0, 0.1) is 17.7 Å². The molecule has 1 fully saturated rings. The Kier molecular flexibility index (Phi) is 4.69. The van der Waals surface area contributed by atoms with Crippen LogP contribution in [0.15, 0.2) is 18.2 Å². The fourth-order valence-corrected chi connectivity index (χ4v) is 3.35. The third kappa shape index (κ3) is 3.14. The van der Waals surface area contributed by atoms with Crippen LogP contribution in [0.3, 0.4) is 0 Å². The van der Waals surface area contributed by atoms with Gasteiger partial charge in [-0.2, -0.15) is 0 Å². The molecule has 112 valence electrons. The average molecular weight is 279 g/mol. The summed E-state index contributed by atoms with van der Waals surface area (Å²) in [5, 5.41) is 0. The summed E-state index contributed by atoms with van der Waals surface area (Å²) in [5.74, 6) is 1.69. The first-order valence-corrected chi connectivity index (χ1v) is 7.59. The Morgan fingerprint density at radius 1 is 1.30 bits per heavy atom. The van der Waals surface area contributed by atoms with E-state index in [0.29, 0.717) is 23.1 Å². The van der Waals surface area contributed by atoms with E-state index < -0.39 is 5.54 Å². The molecule has 20 heavy (non-hydrogen) atoms. The van der Waals surface area contributed by atoms with Gasteiger partial charge < -0.3 is 10.5 Å². The molecule has 2 nitrogen and oxygen atoms in total. The van der Waals surface area contributed by atoms with Gasteiger partial charge in [0.25, 0.3) is 0 Å². The topological polar surface area (TPSA) is 35.2 Å². The zero-order valence-electron chi connectivity index (χ0n) is 12.8. The van der Waals surface area contributed by atoms with Gasteiger partial charge in [-0.1, -0.05) is 32.8 Å². The maximum Gasteiger partial charge on any atom is 0.131 e. The molecular formula is C17H26FNO. The molecule has 0 bridgehead atoms. The van der Waals surface area contributed by atoms with Crippen molar-refractivity contribution in [1.29, 1.82) is 0 Å². The lowest BCUT2D eigenvalue weighted by Crippen LogP contribution is -2.37. The van der Waals surface area contributed by atoms with Crippen LogP contribution in [-0.2, 0) is 5.54 Å². The van der Waals surface area contributed by atoms with Crippen molar-refractivity contribution in [2.45, 2.75) is 51.5 Å². The summed E-state index contributed by atoms with van der Waals surface area (Å²) in [5.41, 5.74) is 6.67. The molecular weight excluding hydrogens is 253 g/mol. The second kappa shape index (κ2) is 6.13. The van der Waals surface area contributed by atoms with Crippen molar-refractivity contribution in [1.82, 2.24) is 0 Å². The number of ether oxygens (including phenoxy) is 1. The van der Waals surface area contributed by atoms with Crippen LogP contribution in [0.5, 0.6) is 5.75 Å². The minimum atomic E-state index is -0.528. The molecule has 0 heterocycles. The van der Waals surface area contributed by atoms with Crippen LogP contribution in [-0.4, -0.2) is 7.11 Å².